The first-order valence-corrected chi connectivity index (χ1v) is 7.41. The summed E-state index contributed by atoms with van der Waals surface area (Å²) in [6, 6.07) is 6.58. The number of hydrogen-bond acceptors (Lipinski definition) is 2. The Morgan fingerprint density at radius 1 is 1.19 bits per heavy atom. The lowest BCUT2D eigenvalue weighted by molar-refractivity contribution is -0.137. The van der Waals surface area contributed by atoms with Crippen LogP contribution in [-0.2, 0) is 6.18 Å². The lowest BCUT2D eigenvalue weighted by Crippen LogP contribution is -2.39. The number of alkyl halides is 3. The van der Waals surface area contributed by atoms with E-state index in [2.05, 4.69) is 24.2 Å². The van der Waals surface area contributed by atoms with E-state index in [9.17, 15) is 13.2 Å². The van der Waals surface area contributed by atoms with E-state index in [1.165, 1.54) is 12.8 Å². The molecule has 5 heteroatoms. The summed E-state index contributed by atoms with van der Waals surface area (Å²) in [6.07, 6.45) is -1.72. The molecule has 118 valence electrons. The Hall–Kier alpha value is -1.07. The van der Waals surface area contributed by atoms with Crippen molar-refractivity contribution in [3.63, 3.8) is 0 Å². The Balaban J connectivity index is 1.86. The third kappa shape index (κ3) is 4.45. The minimum Gasteiger partial charge on any atom is -0.309 e. The standard InChI is InChI=1S/C16H23F3N2/c1-11(21(3)15-8-9-15)10-20-12(2)13-4-6-14(7-5-13)16(17,18)19/h4-7,11-12,15,20H,8-10H2,1-3H3. The van der Waals surface area contributed by atoms with Crippen LogP contribution in [0.15, 0.2) is 24.3 Å². The zero-order valence-corrected chi connectivity index (χ0v) is 12.7. The summed E-state index contributed by atoms with van der Waals surface area (Å²) in [5, 5.41) is 3.40. The molecule has 1 aromatic rings. The molecule has 1 fully saturated rings. The van der Waals surface area contributed by atoms with Gasteiger partial charge in [-0.25, -0.2) is 0 Å². The maximum atomic E-state index is 12.5. The number of nitrogens with one attached hydrogen (secondary N) is 1. The van der Waals surface area contributed by atoms with Crippen LogP contribution in [0.2, 0.25) is 0 Å². The van der Waals surface area contributed by atoms with Gasteiger partial charge in [0.25, 0.3) is 0 Å². The second kappa shape index (κ2) is 6.36. The summed E-state index contributed by atoms with van der Waals surface area (Å²) < 4.78 is 37.6. The topological polar surface area (TPSA) is 15.3 Å². The van der Waals surface area contributed by atoms with E-state index in [-0.39, 0.29) is 6.04 Å². The van der Waals surface area contributed by atoms with Crippen LogP contribution in [0, 0.1) is 0 Å². The minimum absolute atomic E-state index is 0.0438. The van der Waals surface area contributed by atoms with Crippen molar-refractivity contribution in [3.05, 3.63) is 35.4 Å². The van der Waals surface area contributed by atoms with Crippen molar-refractivity contribution >= 4 is 0 Å². The number of nitrogens with zero attached hydrogens (tertiary/aromatic N) is 1. The summed E-state index contributed by atoms with van der Waals surface area (Å²) in [4.78, 5) is 2.37. The predicted molar refractivity (Wildman–Crippen MR) is 78.1 cm³/mol. The molecule has 0 heterocycles. The largest absolute Gasteiger partial charge is 0.416 e. The maximum Gasteiger partial charge on any atom is 0.416 e. The first-order chi connectivity index (χ1) is 9.79. The van der Waals surface area contributed by atoms with Gasteiger partial charge < -0.3 is 5.32 Å². The summed E-state index contributed by atoms with van der Waals surface area (Å²) in [7, 11) is 2.13. The van der Waals surface area contributed by atoms with E-state index in [4.69, 9.17) is 0 Å². The van der Waals surface area contributed by atoms with Crippen LogP contribution < -0.4 is 5.32 Å². The molecule has 0 amide bonds. The lowest BCUT2D eigenvalue weighted by Gasteiger charge is -2.26. The van der Waals surface area contributed by atoms with Gasteiger partial charge in [0, 0.05) is 24.7 Å². The molecule has 0 aromatic heterocycles. The Morgan fingerprint density at radius 3 is 2.24 bits per heavy atom. The monoisotopic (exact) mass is 300 g/mol. The van der Waals surface area contributed by atoms with Crippen LogP contribution in [-0.4, -0.2) is 30.6 Å². The highest BCUT2D eigenvalue weighted by molar-refractivity contribution is 5.26. The molecule has 1 aromatic carbocycles. The third-order valence-electron chi connectivity index (χ3n) is 4.28. The molecule has 0 aliphatic heterocycles. The second-order valence-corrected chi connectivity index (χ2v) is 6.00. The van der Waals surface area contributed by atoms with Gasteiger partial charge in [0.05, 0.1) is 5.56 Å². The van der Waals surface area contributed by atoms with Crippen molar-refractivity contribution in [1.29, 1.82) is 0 Å². The van der Waals surface area contributed by atoms with Gasteiger partial charge in [-0.3, -0.25) is 4.90 Å². The van der Waals surface area contributed by atoms with E-state index in [0.717, 1.165) is 24.2 Å². The third-order valence-corrected chi connectivity index (χ3v) is 4.28. The van der Waals surface area contributed by atoms with Crippen LogP contribution in [0.1, 0.15) is 43.9 Å². The van der Waals surface area contributed by atoms with E-state index in [0.29, 0.717) is 12.1 Å². The van der Waals surface area contributed by atoms with Crippen LogP contribution in [0.25, 0.3) is 0 Å². The molecule has 2 nitrogen and oxygen atoms in total. The van der Waals surface area contributed by atoms with Gasteiger partial charge in [-0.05, 0) is 51.4 Å². The SMILES string of the molecule is CC(NCC(C)N(C)C1CC1)c1ccc(C(F)(F)F)cc1. The highest BCUT2D eigenvalue weighted by atomic mass is 19.4. The first kappa shape index (κ1) is 16.3. The normalized spacial score (nSPS) is 18.8. The fraction of sp³-hybridized carbons (Fsp3) is 0.625. The van der Waals surface area contributed by atoms with Gasteiger partial charge >= 0.3 is 6.18 Å². The molecule has 0 saturated heterocycles. The summed E-state index contributed by atoms with van der Waals surface area (Å²) in [6.45, 7) is 4.98. The molecule has 0 radical (unpaired) electrons. The molecule has 0 spiro atoms. The Morgan fingerprint density at radius 2 is 1.76 bits per heavy atom. The van der Waals surface area contributed by atoms with Gasteiger partial charge in [-0.15, -0.1) is 0 Å². The van der Waals surface area contributed by atoms with Gasteiger partial charge in [0.2, 0.25) is 0 Å². The quantitative estimate of drug-likeness (QED) is 0.858. The van der Waals surface area contributed by atoms with Gasteiger partial charge in [-0.2, -0.15) is 13.2 Å². The molecule has 1 aliphatic rings. The molecule has 1 saturated carbocycles. The zero-order valence-electron chi connectivity index (χ0n) is 12.7. The van der Waals surface area contributed by atoms with Crippen molar-refractivity contribution in [3.8, 4) is 0 Å². The van der Waals surface area contributed by atoms with Crippen molar-refractivity contribution in [1.82, 2.24) is 10.2 Å². The molecule has 1 aliphatic carbocycles. The molecular weight excluding hydrogens is 277 g/mol. The van der Waals surface area contributed by atoms with Crippen LogP contribution >= 0.6 is 0 Å². The highest BCUT2D eigenvalue weighted by Gasteiger charge is 2.30. The minimum atomic E-state index is -4.27. The Bertz CT molecular complexity index is 452. The number of benzene rings is 1. The second-order valence-electron chi connectivity index (χ2n) is 6.00. The van der Waals surface area contributed by atoms with Crippen molar-refractivity contribution in [2.24, 2.45) is 0 Å². The predicted octanol–water partition coefficient (Wildman–Crippen LogP) is 3.84. The summed E-state index contributed by atoms with van der Waals surface area (Å²) in [5.74, 6) is 0. The van der Waals surface area contributed by atoms with Gasteiger partial charge in [-0.1, -0.05) is 12.1 Å². The van der Waals surface area contributed by atoms with Crippen LogP contribution in [0.5, 0.6) is 0 Å². The van der Waals surface area contributed by atoms with E-state index >= 15 is 0 Å². The molecule has 2 atom stereocenters. The fourth-order valence-corrected chi connectivity index (χ4v) is 2.41. The van der Waals surface area contributed by atoms with E-state index in [1.807, 2.05) is 6.92 Å². The van der Waals surface area contributed by atoms with Crippen molar-refractivity contribution in [2.45, 2.75) is 51.0 Å². The fourth-order valence-electron chi connectivity index (χ4n) is 2.41. The molecule has 1 N–H and O–H groups in total. The number of halogens is 3. The van der Waals surface area contributed by atoms with Crippen molar-refractivity contribution in [2.75, 3.05) is 13.6 Å². The average Bonchev–Trinajstić information content (AvgIpc) is 3.27. The van der Waals surface area contributed by atoms with Gasteiger partial charge in [0.1, 0.15) is 0 Å². The lowest BCUT2D eigenvalue weighted by atomic mass is 10.1. The van der Waals surface area contributed by atoms with Crippen LogP contribution in [0.3, 0.4) is 0 Å². The molecule has 2 rings (SSSR count). The van der Waals surface area contributed by atoms with E-state index in [1.54, 1.807) is 12.1 Å². The van der Waals surface area contributed by atoms with Crippen molar-refractivity contribution < 1.29 is 13.2 Å². The molecular formula is C16H23F3N2. The first-order valence-electron chi connectivity index (χ1n) is 7.41. The number of hydrogen-bond donors (Lipinski definition) is 1. The summed E-state index contributed by atoms with van der Waals surface area (Å²) in [5.41, 5.74) is 0.282. The van der Waals surface area contributed by atoms with Crippen LogP contribution in [0.4, 0.5) is 13.2 Å². The van der Waals surface area contributed by atoms with E-state index < -0.39 is 11.7 Å². The highest BCUT2D eigenvalue weighted by Crippen LogP contribution is 2.30. The summed E-state index contributed by atoms with van der Waals surface area (Å²) >= 11 is 0. The molecule has 21 heavy (non-hydrogen) atoms. The zero-order chi connectivity index (χ0) is 15.6. The maximum absolute atomic E-state index is 12.5. The Kier molecular flexibility index (Phi) is 4.94. The smallest absolute Gasteiger partial charge is 0.309 e. The number of likely N-dealkylation sites (N-methyl/N-ethyl adjacent to an activating group) is 1. The average molecular weight is 300 g/mol. The molecule has 0 bridgehead atoms. The molecule has 2 unspecified atom stereocenters. The Labute approximate surface area is 124 Å². The number of rotatable bonds is 6. The van der Waals surface area contributed by atoms with Gasteiger partial charge in [0.15, 0.2) is 0 Å².